The van der Waals surface area contributed by atoms with E-state index in [0.717, 1.165) is 10.1 Å². The van der Waals surface area contributed by atoms with Gasteiger partial charge >= 0.3 is 0 Å². The molecule has 0 aliphatic heterocycles. The number of non-ortho nitro benzene ring substituents is 1. The molecule has 30 heavy (non-hydrogen) atoms. The fourth-order valence-corrected chi connectivity index (χ4v) is 3.19. The minimum atomic E-state index is -0.677. The fraction of sp³-hybridized carbons (Fsp3) is 0.136. The van der Waals surface area contributed by atoms with Crippen LogP contribution in [0.15, 0.2) is 59.4 Å². The normalized spacial score (nSPS) is 10.4. The number of aromatic hydroxyl groups is 1. The lowest BCUT2D eigenvalue weighted by Gasteiger charge is -2.15. The Kier molecular flexibility index (Phi) is 5.74. The molecule has 0 bridgehead atoms. The van der Waals surface area contributed by atoms with E-state index in [1.165, 1.54) is 31.2 Å². The van der Waals surface area contributed by atoms with E-state index in [-0.39, 0.29) is 34.5 Å². The third kappa shape index (κ3) is 3.82. The topological polar surface area (TPSA) is 126 Å². The number of nitro groups is 1. The SMILES string of the molecule is Cc1c(C(=O)c2ccc([N+](=O)[O-])cc2)c(O)n(CCc2ccccc2)c(=O)c1C#N. The third-order valence-electron chi connectivity index (χ3n) is 4.83. The molecule has 0 amide bonds. The van der Waals surface area contributed by atoms with Crippen LogP contribution in [0.1, 0.15) is 32.6 Å². The highest BCUT2D eigenvalue weighted by Gasteiger charge is 2.25. The Balaban J connectivity index is 2.07. The van der Waals surface area contributed by atoms with Crippen molar-refractivity contribution in [2.75, 3.05) is 0 Å². The van der Waals surface area contributed by atoms with Crippen LogP contribution in [0.5, 0.6) is 5.88 Å². The zero-order chi connectivity index (χ0) is 21.8. The van der Waals surface area contributed by atoms with Gasteiger partial charge < -0.3 is 5.11 Å². The molecule has 0 spiro atoms. The summed E-state index contributed by atoms with van der Waals surface area (Å²) in [6.07, 6.45) is 0.410. The maximum Gasteiger partial charge on any atom is 0.271 e. The summed E-state index contributed by atoms with van der Waals surface area (Å²) >= 11 is 0. The van der Waals surface area contributed by atoms with Gasteiger partial charge in [-0.25, -0.2) is 0 Å². The Labute approximate surface area is 171 Å². The highest BCUT2D eigenvalue weighted by atomic mass is 16.6. The Morgan fingerprint density at radius 3 is 2.37 bits per heavy atom. The number of hydrogen-bond acceptors (Lipinski definition) is 6. The number of carbonyl (C=O) groups is 1. The van der Waals surface area contributed by atoms with Gasteiger partial charge in [0.15, 0.2) is 5.78 Å². The zero-order valence-electron chi connectivity index (χ0n) is 16.0. The zero-order valence-corrected chi connectivity index (χ0v) is 16.0. The molecule has 0 atom stereocenters. The van der Waals surface area contributed by atoms with Crippen LogP contribution >= 0.6 is 0 Å². The Hall–Kier alpha value is -4.25. The Morgan fingerprint density at radius 1 is 1.17 bits per heavy atom. The molecule has 0 aliphatic rings. The molecule has 0 fully saturated rings. The van der Waals surface area contributed by atoms with Crippen LogP contribution in [0.4, 0.5) is 5.69 Å². The van der Waals surface area contributed by atoms with Gasteiger partial charge in [-0.15, -0.1) is 0 Å². The van der Waals surface area contributed by atoms with Gasteiger partial charge in [-0.2, -0.15) is 5.26 Å². The van der Waals surface area contributed by atoms with Crippen molar-refractivity contribution in [2.24, 2.45) is 0 Å². The van der Waals surface area contributed by atoms with E-state index in [2.05, 4.69) is 0 Å². The number of nitro benzene ring substituents is 1. The summed E-state index contributed by atoms with van der Waals surface area (Å²) in [7, 11) is 0. The van der Waals surface area contributed by atoms with Crippen molar-refractivity contribution in [3.63, 3.8) is 0 Å². The average Bonchev–Trinajstić information content (AvgIpc) is 2.74. The molecule has 0 saturated heterocycles. The van der Waals surface area contributed by atoms with Crippen LogP contribution in [0, 0.1) is 28.4 Å². The molecule has 3 aromatic rings. The molecule has 150 valence electrons. The van der Waals surface area contributed by atoms with Gasteiger partial charge in [-0.3, -0.25) is 24.3 Å². The van der Waals surface area contributed by atoms with Crippen molar-refractivity contribution in [1.82, 2.24) is 4.57 Å². The number of benzene rings is 2. The fourth-order valence-electron chi connectivity index (χ4n) is 3.19. The number of ketones is 1. The molecule has 3 rings (SSSR count). The highest BCUT2D eigenvalue weighted by molar-refractivity contribution is 6.11. The van der Waals surface area contributed by atoms with Crippen LogP contribution < -0.4 is 5.56 Å². The number of rotatable bonds is 6. The van der Waals surface area contributed by atoms with Gasteiger partial charge in [0.25, 0.3) is 11.2 Å². The molecule has 0 saturated carbocycles. The summed E-state index contributed by atoms with van der Waals surface area (Å²) in [5, 5.41) is 31.0. The second-order valence-corrected chi connectivity index (χ2v) is 6.64. The van der Waals surface area contributed by atoms with Crippen molar-refractivity contribution in [3.05, 3.63) is 103 Å². The Bertz CT molecular complexity index is 1220. The number of nitriles is 1. The maximum absolute atomic E-state index is 13.0. The second kappa shape index (κ2) is 8.41. The minimum absolute atomic E-state index is 0.0688. The molecular formula is C22H17N3O5. The smallest absolute Gasteiger partial charge is 0.271 e. The summed E-state index contributed by atoms with van der Waals surface area (Å²) in [4.78, 5) is 35.9. The number of nitrogens with zero attached hydrogens (tertiary/aromatic N) is 3. The van der Waals surface area contributed by atoms with E-state index in [9.17, 15) is 30.1 Å². The van der Waals surface area contributed by atoms with Crippen molar-refractivity contribution >= 4 is 11.5 Å². The monoisotopic (exact) mass is 403 g/mol. The lowest BCUT2D eigenvalue weighted by molar-refractivity contribution is -0.384. The van der Waals surface area contributed by atoms with Crippen molar-refractivity contribution in [2.45, 2.75) is 19.9 Å². The average molecular weight is 403 g/mol. The number of pyridine rings is 1. The molecule has 1 heterocycles. The summed E-state index contributed by atoms with van der Waals surface area (Å²) in [6, 6.07) is 16.0. The van der Waals surface area contributed by atoms with Crippen molar-refractivity contribution in [1.29, 1.82) is 5.26 Å². The molecule has 1 aromatic heterocycles. The predicted octanol–water partition coefficient (Wildman–Crippen LogP) is 3.12. The van der Waals surface area contributed by atoms with Gasteiger partial charge in [-0.1, -0.05) is 30.3 Å². The van der Waals surface area contributed by atoms with Crippen molar-refractivity contribution < 1.29 is 14.8 Å². The lowest BCUT2D eigenvalue weighted by Crippen LogP contribution is -2.27. The molecule has 8 heteroatoms. The largest absolute Gasteiger partial charge is 0.494 e. The first-order valence-corrected chi connectivity index (χ1v) is 9.04. The number of aryl methyl sites for hydroxylation is 1. The Morgan fingerprint density at radius 2 is 1.80 bits per heavy atom. The summed E-state index contributed by atoms with van der Waals surface area (Å²) < 4.78 is 1.01. The standard InChI is InChI=1S/C22H17N3O5/c1-14-18(13-23)21(27)24(12-11-15-5-3-2-4-6-15)22(28)19(14)20(26)16-7-9-17(10-8-16)25(29)30/h2-10,28H,11-12H2,1H3. The molecule has 0 aliphatic carbocycles. The van der Waals surface area contributed by atoms with E-state index in [1.807, 2.05) is 36.4 Å². The summed E-state index contributed by atoms with van der Waals surface area (Å²) in [5.74, 6) is -1.17. The van der Waals surface area contributed by atoms with Gasteiger partial charge in [0, 0.05) is 24.2 Å². The quantitative estimate of drug-likeness (QED) is 0.383. The number of carbonyl (C=O) groups excluding carboxylic acids is 1. The van der Waals surface area contributed by atoms with E-state index >= 15 is 0 Å². The van der Waals surface area contributed by atoms with Crippen LogP contribution in [-0.2, 0) is 13.0 Å². The van der Waals surface area contributed by atoms with Crippen LogP contribution in [0.3, 0.4) is 0 Å². The molecule has 8 nitrogen and oxygen atoms in total. The van der Waals surface area contributed by atoms with Crippen molar-refractivity contribution in [3.8, 4) is 11.9 Å². The van der Waals surface area contributed by atoms with E-state index < -0.39 is 22.1 Å². The number of aromatic nitrogens is 1. The molecule has 0 unspecified atom stereocenters. The minimum Gasteiger partial charge on any atom is -0.494 e. The van der Waals surface area contributed by atoms with Gasteiger partial charge in [0.2, 0.25) is 5.88 Å². The lowest BCUT2D eigenvalue weighted by atomic mass is 9.97. The molecular weight excluding hydrogens is 386 g/mol. The first-order chi connectivity index (χ1) is 14.3. The maximum atomic E-state index is 13.0. The second-order valence-electron chi connectivity index (χ2n) is 6.64. The highest BCUT2D eigenvalue weighted by Crippen LogP contribution is 2.26. The molecule has 1 N–H and O–H groups in total. The van der Waals surface area contributed by atoms with Gasteiger partial charge in [-0.05, 0) is 36.6 Å². The number of hydrogen-bond donors (Lipinski definition) is 1. The first kappa shape index (κ1) is 20.5. The van der Waals surface area contributed by atoms with Crippen LogP contribution in [-0.4, -0.2) is 20.4 Å². The third-order valence-corrected chi connectivity index (χ3v) is 4.83. The predicted molar refractivity (Wildman–Crippen MR) is 108 cm³/mol. The van der Waals surface area contributed by atoms with E-state index in [1.54, 1.807) is 0 Å². The van der Waals surface area contributed by atoms with E-state index in [4.69, 9.17) is 0 Å². The van der Waals surface area contributed by atoms with Crippen LogP contribution in [0.2, 0.25) is 0 Å². The first-order valence-electron chi connectivity index (χ1n) is 9.04. The van der Waals surface area contributed by atoms with Gasteiger partial charge in [0.05, 0.1) is 10.5 Å². The molecule has 2 aromatic carbocycles. The summed E-state index contributed by atoms with van der Waals surface area (Å²) in [5.41, 5.74) is -0.178. The van der Waals surface area contributed by atoms with Gasteiger partial charge in [0.1, 0.15) is 11.6 Å². The molecule has 0 radical (unpaired) electrons. The van der Waals surface area contributed by atoms with Crippen LogP contribution in [0.25, 0.3) is 0 Å². The summed E-state index contributed by atoms with van der Waals surface area (Å²) in [6.45, 7) is 1.49. The van der Waals surface area contributed by atoms with E-state index in [0.29, 0.717) is 6.42 Å².